The number of halogens is 4. The monoisotopic (exact) mass is 481 g/mol. The van der Waals surface area contributed by atoms with Crippen molar-refractivity contribution in [2.75, 3.05) is 18.0 Å². The van der Waals surface area contributed by atoms with Crippen LogP contribution in [0.3, 0.4) is 0 Å². The summed E-state index contributed by atoms with van der Waals surface area (Å²) in [6.07, 6.45) is 1.54. The van der Waals surface area contributed by atoms with Gasteiger partial charge < -0.3 is 9.80 Å². The van der Waals surface area contributed by atoms with Gasteiger partial charge in [-0.25, -0.2) is 4.39 Å². The average molecular weight is 483 g/mol. The summed E-state index contributed by atoms with van der Waals surface area (Å²) < 4.78 is 14.1. The van der Waals surface area contributed by atoms with Crippen LogP contribution in [0.2, 0.25) is 15.1 Å². The zero-order valence-electron chi connectivity index (χ0n) is 17.3. The number of nitriles is 1. The summed E-state index contributed by atoms with van der Waals surface area (Å²) in [4.78, 5) is 16.6. The molecule has 2 atom stereocenters. The van der Waals surface area contributed by atoms with Crippen LogP contribution < -0.4 is 4.90 Å². The number of amides is 1. The van der Waals surface area contributed by atoms with E-state index >= 15 is 0 Å². The molecule has 164 valence electrons. The highest BCUT2D eigenvalue weighted by Gasteiger charge is 2.32. The molecule has 2 aromatic carbocycles. The standard InChI is InChI=1S/C23H23Cl3FN3O/c1-3-14(2)23(31)29-7-6-18(13-29)30(17-5-4-15(11-28)19(24)9-17)12-16-8-22(27)21(26)10-20(16)25/h4-5,8-10,14,18H,3,6-7,12-13H2,1-2H3/t14?,18-/m0/s1. The van der Waals surface area contributed by atoms with Crippen LogP contribution in [0.1, 0.15) is 37.8 Å². The first-order valence-electron chi connectivity index (χ1n) is 10.1. The number of carbonyl (C=O) groups is 1. The highest BCUT2D eigenvalue weighted by molar-refractivity contribution is 6.35. The van der Waals surface area contributed by atoms with Crippen LogP contribution in [-0.4, -0.2) is 29.9 Å². The molecule has 0 radical (unpaired) electrons. The number of likely N-dealkylation sites (tertiary alicyclic amines) is 1. The van der Waals surface area contributed by atoms with Crippen molar-refractivity contribution in [3.8, 4) is 6.07 Å². The van der Waals surface area contributed by atoms with Crippen LogP contribution in [-0.2, 0) is 11.3 Å². The molecular weight excluding hydrogens is 460 g/mol. The molecule has 8 heteroatoms. The first-order chi connectivity index (χ1) is 14.7. The van der Waals surface area contributed by atoms with E-state index in [-0.39, 0.29) is 22.9 Å². The molecule has 0 bridgehead atoms. The molecule has 3 rings (SSSR count). The smallest absolute Gasteiger partial charge is 0.225 e. The Hall–Kier alpha value is -2.00. The van der Waals surface area contributed by atoms with E-state index in [1.807, 2.05) is 24.8 Å². The van der Waals surface area contributed by atoms with Gasteiger partial charge in [-0.05, 0) is 48.7 Å². The van der Waals surface area contributed by atoms with Crippen LogP contribution in [0.25, 0.3) is 0 Å². The van der Waals surface area contributed by atoms with E-state index in [1.54, 1.807) is 12.1 Å². The second kappa shape index (κ2) is 10.1. The third-order valence-corrected chi connectivity index (χ3v) is 6.74. The molecular formula is C23H23Cl3FN3O. The Morgan fingerprint density at radius 3 is 2.65 bits per heavy atom. The van der Waals surface area contributed by atoms with E-state index in [1.165, 1.54) is 12.1 Å². The maximum Gasteiger partial charge on any atom is 0.225 e. The molecule has 1 heterocycles. The Morgan fingerprint density at radius 2 is 2.00 bits per heavy atom. The zero-order valence-corrected chi connectivity index (χ0v) is 19.6. The maximum absolute atomic E-state index is 14.1. The molecule has 0 spiro atoms. The lowest BCUT2D eigenvalue weighted by Crippen LogP contribution is -2.40. The molecule has 0 N–H and O–H groups in total. The van der Waals surface area contributed by atoms with Gasteiger partial charge in [0.25, 0.3) is 0 Å². The second-order valence-electron chi connectivity index (χ2n) is 7.80. The average Bonchev–Trinajstić information content (AvgIpc) is 3.24. The van der Waals surface area contributed by atoms with Crippen molar-refractivity contribution < 1.29 is 9.18 Å². The van der Waals surface area contributed by atoms with Gasteiger partial charge in [0, 0.05) is 42.3 Å². The minimum atomic E-state index is -0.543. The van der Waals surface area contributed by atoms with Gasteiger partial charge in [0.2, 0.25) is 5.91 Å². The van der Waals surface area contributed by atoms with Crippen molar-refractivity contribution in [3.05, 3.63) is 62.3 Å². The van der Waals surface area contributed by atoms with Crippen molar-refractivity contribution in [2.45, 2.75) is 39.3 Å². The van der Waals surface area contributed by atoms with E-state index in [0.29, 0.717) is 40.8 Å². The van der Waals surface area contributed by atoms with E-state index in [4.69, 9.17) is 34.8 Å². The highest BCUT2D eigenvalue weighted by atomic mass is 35.5. The topological polar surface area (TPSA) is 47.3 Å². The summed E-state index contributed by atoms with van der Waals surface area (Å²) in [7, 11) is 0. The fourth-order valence-corrected chi connectivity index (χ4v) is 4.42. The lowest BCUT2D eigenvalue weighted by molar-refractivity contribution is -0.134. The molecule has 1 unspecified atom stereocenters. The molecule has 1 saturated heterocycles. The second-order valence-corrected chi connectivity index (χ2v) is 9.02. The molecule has 4 nitrogen and oxygen atoms in total. The molecule has 1 aliphatic heterocycles. The fraction of sp³-hybridized carbons (Fsp3) is 0.391. The number of anilines is 1. The van der Waals surface area contributed by atoms with Crippen molar-refractivity contribution in [2.24, 2.45) is 5.92 Å². The van der Waals surface area contributed by atoms with Gasteiger partial charge >= 0.3 is 0 Å². The molecule has 1 amide bonds. The Kier molecular flexibility index (Phi) is 7.69. The van der Waals surface area contributed by atoms with E-state index < -0.39 is 5.82 Å². The van der Waals surface area contributed by atoms with Crippen molar-refractivity contribution in [3.63, 3.8) is 0 Å². The van der Waals surface area contributed by atoms with Crippen LogP contribution in [0.15, 0.2) is 30.3 Å². The third kappa shape index (κ3) is 5.26. The number of nitrogens with zero attached hydrogens (tertiary/aromatic N) is 3. The normalized spacial score (nSPS) is 16.8. The van der Waals surface area contributed by atoms with Gasteiger partial charge in [-0.3, -0.25) is 4.79 Å². The lowest BCUT2D eigenvalue weighted by atomic mass is 10.1. The van der Waals surface area contributed by atoms with Crippen molar-refractivity contribution >= 4 is 46.4 Å². The molecule has 1 aliphatic rings. The van der Waals surface area contributed by atoms with Crippen LogP contribution >= 0.6 is 34.8 Å². The van der Waals surface area contributed by atoms with Gasteiger partial charge in [0.15, 0.2) is 0 Å². The first-order valence-corrected chi connectivity index (χ1v) is 11.3. The summed E-state index contributed by atoms with van der Waals surface area (Å²) in [5.41, 5.74) is 1.73. The summed E-state index contributed by atoms with van der Waals surface area (Å²) in [6, 6.07) is 9.96. The lowest BCUT2D eigenvalue weighted by Gasteiger charge is -2.32. The minimum absolute atomic E-state index is 0.00758. The Balaban J connectivity index is 1.94. The first kappa shape index (κ1) is 23.7. The summed E-state index contributed by atoms with van der Waals surface area (Å²) in [5, 5.41) is 9.86. The van der Waals surface area contributed by atoms with Crippen molar-refractivity contribution in [1.82, 2.24) is 4.90 Å². The number of benzene rings is 2. The van der Waals surface area contributed by atoms with Crippen LogP contribution in [0.5, 0.6) is 0 Å². The molecule has 1 fully saturated rings. The van der Waals surface area contributed by atoms with Gasteiger partial charge in [0.1, 0.15) is 11.9 Å². The number of rotatable bonds is 6. The van der Waals surface area contributed by atoms with Gasteiger partial charge in [-0.2, -0.15) is 5.26 Å². The molecule has 2 aromatic rings. The predicted octanol–water partition coefficient (Wildman–Crippen LogP) is 6.31. The van der Waals surface area contributed by atoms with Gasteiger partial charge in [-0.1, -0.05) is 48.7 Å². The van der Waals surface area contributed by atoms with Gasteiger partial charge in [-0.15, -0.1) is 0 Å². The van der Waals surface area contributed by atoms with E-state index in [9.17, 15) is 14.4 Å². The van der Waals surface area contributed by atoms with E-state index in [0.717, 1.165) is 18.5 Å². The highest BCUT2D eigenvalue weighted by Crippen LogP contribution is 2.32. The number of carbonyl (C=O) groups excluding carboxylic acids is 1. The Bertz CT molecular complexity index is 1020. The van der Waals surface area contributed by atoms with Crippen molar-refractivity contribution in [1.29, 1.82) is 5.26 Å². The summed E-state index contributed by atoms with van der Waals surface area (Å²) >= 11 is 18.5. The Morgan fingerprint density at radius 1 is 1.26 bits per heavy atom. The predicted molar refractivity (Wildman–Crippen MR) is 123 cm³/mol. The Labute approximate surface area is 197 Å². The number of hydrogen-bond acceptors (Lipinski definition) is 3. The fourth-order valence-electron chi connectivity index (χ4n) is 3.76. The molecule has 31 heavy (non-hydrogen) atoms. The zero-order chi connectivity index (χ0) is 22.7. The van der Waals surface area contributed by atoms with E-state index in [2.05, 4.69) is 11.0 Å². The summed E-state index contributed by atoms with van der Waals surface area (Å²) in [5.74, 6) is -0.436. The number of hydrogen-bond donors (Lipinski definition) is 0. The maximum atomic E-state index is 14.1. The van der Waals surface area contributed by atoms with Crippen LogP contribution in [0, 0.1) is 23.1 Å². The quantitative estimate of drug-likeness (QED) is 0.453. The molecule has 0 aromatic heterocycles. The SMILES string of the molecule is CCC(C)C(=O)N1CC[C@H](N(Cc2cc(F)c(Cl)cc2Cl)c2ccc(C#N)c(Cl)c2)C1. The largest absolute Gasteiger partial charge is 0.362 e. The molecule has 0 saturated carbocycles. The summed E-state index contributed by atoms with van der Waals surface area (Å²) in [6.45, 7) is 5.44. The van der Waals surface area contributed by atoms with Gasteiger partial charge in [0.05, 0.1) is 15.6 Å². The van der Waals surface area contributed by atoms with Crippen LogP contribution in [0.4, 0.5) is 10.1 Å². The molecule has 0 aliphatic carbocycles. The third-order valence-electron chi connectivity index (χ3n) is 5.78. The minimum Gasteiger partial charge on any atom is -0.362 e.